The molecule has 2 heterocycles. The summed E-state index contributed by atoms with van der Waals surface area (Å²) in [7, 11) is 0. The van der Waals surface area contributed by atoms with Gasteiger partial charge in [-0.3, -0.25) is 25.0 Å². The van der Waals surface area contributed by atoms with E-state index in [2.05, 4.69) is 28.3 Å². The number of amides is 1. The van der Waals surface area contributed by atoms with Crippen molar-refractivity contribution in [2.45, 2.75) is 42.0 Å². The molecule has 2 aliphatic carbocycles. The summed E-state index contributed by atoms with van der Waals surface area (Å²) in [6.45, 7) is -0.0581. The summed E-state index contributed by atoms with van der Waals surface area (Å²) in [5, 5.41) is 5.41. The van der Waals surface area contributed by atoms with Gasteiger partial charge in [-0.1, -0.05) is 53.3 Å². The van der Waals surface area contributed by atoms with Gasteiger partial charge in [0.1, 0.15) is 6.54 Å². The van der Waals surface area contributed by atoms with Gasteiger partial charge in [-0.2, -0.15) is 0 Å². The fourth-order valence-corrected chi connectivity index (χ4v) is 9.57. The van der Waals surface area contributed by atoms with Gasteiger partial charge in [-0.15, -0.1) is 11.8 Å². The second-order valence-corrected chi connectivity index (χ2v) is 12.6. The van der Waals surface area contributed by atoms with E-state index in [0.29, 0.717) is 28.0 Å². The second kappa shape index (κ2) is 9.85. The Hall–Kier alpha value is -2.33. The van der Waals surface area contributed by atoms with E-state index in [0.717, 1.165) is 15.6 Å². The van der Waals surface area contributed by atoms with Crippen molar-refractivity contribution in [2.75, 3.05) is 5.32 Å². The number of aromatic nitrogens is 1. The van der Waals surface area contributed by atoms with Crippen LogP contribution in [0.1, 0.15) is 35.6 Å². The van der Waals surface area contributed by atoms with E-state index in [1.807, 2.05) is 54.2 Å². The minimum absolute atomic E-state index is 0.0581. The first kappa shape index (κ1) is 24.0. The lowest BCUT2D eigenvalue weighted by atomic mass is 9.75. The summed E-state index contributed by atoms with van der Waals surface area (Å²) >= 11 is 14.6. The number of hydrazine groups is 1. The molecule has 3 aromatic rings. The van der Waals surface area contributed by atoms with Crippen LogP contribution in [0.2, 0.25) is 5.02 Å². The smallest absolute Gasteiger partial charge is 0.308 e. The van der Waals surface area contributed by atoms with Crippen molar-refractivity contribution < 1.29 is 4.79 Å². The zero-order valence-electron chi connectivity index (χ0n) is 19.3. The molecular weight excluding hydrogens is 532 g/mol. The lowest BCUT2D eigenvalue weighted by molar-refractivity contribution is -0.122. The topological polar surface area (TPSA) is 75.2 Å². The molecule has 0 unspecified atom stereocenters. The third-order valence-corrected chi connectivity index (χ3v) is 10.9. The molecule has 3 aliphatic rings. The molecule has 1 aromatic heterocycles. The molecule has 36 heavy (non-hydrogen) atoms. The van der Waals surface area contributed by atoms with Crippen molar-refractivity contribution in [3.8, 4) is 0 Å². The van der Waals surface area contributed by atoms with Crippen LogP contribution in [0.4, 0.5) is 5.69 Å². The number of halogens is 1. The van der Waals surface area contributed by atoms with Crippen LogP contribution < -0.4 is 21.0 Å². The molecule has 2 saturated carbocycles. The Morgan fingerprint density at radius 2 is 1.81 bits per heavy atom. The quantitative estimate of drug-likeness (QED) is 0.302. The second-order valence-electron chi connectivity index (χ2n) is 9.64. The molecule has 1 amide bonds. The van der Waals surface area contributed by atoms with E-state index >= 15 is 0 Å². The number of anilines is 1. The number of thiocarbonyl (C=S) groups is 1. The van der Waals surface area contributed by atoms with Gasteiger partial charge >= 0.3 is 4.87 Å². The molecule has 0 spiro atoms. The third kappa shape index (κ3) is 4.47. The van der Waals surface area contributed by atoms with Crippen LogP contribution in [-0.4, -0.2) is 20.8 Å². The summed E-state index contributed by atoms with van der Waals surface area (Å²) in [5.41, 5.74) is 7.38. The van der Waals surface area contributed by atoms with Gasteiger partial charge in [0.05, 0.1) is 5.03 Å². The molecule has 1 aliphatic heterocycles. The largest absolute Gasteiger partial charge is 0.331 e. The number of carbonyl (C=O) groups excluding carboxylic acids is 1. The number of fused-ring (bicyclic) bond motifs is 6. The molecule has 2 fully saturated rings. The van der Waals surface area contributed by atoms with Gasteiger partial charge in [0.15, 0.2) is 5.11 Å². The Morgan fingerprint density at radius 3 is 2.58 bits per heavy atom. The van der Waals surface area contributed by atoms with Crippen LogP contribution in [-0.2, 0) is 11.3 Å². The number of nitrogens with one attached hydrogen (secondary N) is 3. The number of hydrogen-bond donors (Lipinski definition) is 3. The maximum Gasteiger partial charge on any atom is 0.308 e. The van der Waals surface area contributed by atoms with E-state index in [-0.39, 0.29) is 28.4 Å². The molecule has 2 aromatic carbocycles. The van der Waals surface area contributed by atoms with Crippen LogP contribution in [0.25, 0.3) is 0 Å². The first-order chi connectivity index (χ1) is 17.5. The van der Waals surface area contributed by atoms with Crippen molar-refractivity contribution in [1.29, 1.82) is 0 Å². The van der Waals surface area contributed by atoms with Crippen molar-refractivity contribution in [3.05, 3.63) is 79.7 Å². The number of carbonyl (C=O) groups is 1. The SMILES string of the molecule is O=C(Cn1c2c(sc1=O)[C@H](c1ccc(Cl)cc1)[C@@H]1[C@H]3CC[C@@H](C3)[C@@H]1S2)NNC(=S)Nc1ccccc1. The molecule has 3 N–H and O–H groups in total. The molecule has 0 radical (unpaired) electrons. The maximum atomic E-state index is 13.2. The normalized spacial score (nSPS) is 25.6. The first-order valence-corrected chi connectivity index (χ1v) is 14.5. The van der Waals surface area contributed by atoms with E-state index in [1.54, 1.807) is 4.57 Å². The molecule has 5 atom stereocenters. The molecular formula is C26H25ClN4O2S3. The zero-order valence-corrected chi connectivity index (χ0v) is 22.5. The van der Waals surface area contributed by atoms with Gasteiger partial charge in [0.25, 0.3) is 5.91 Å². The molecule has 6 rings (SSSR count). The van der Waals surface area contributed by atoms with Crippen molar-refractivity contribution >= 4 is 63.6 Å². The summed E-state index contributed by atoms with van der Waals surface area (Å²) in [5.74, 6) is 1.73. The van der Waals surface area contributed by atoms with Crippen LogP contribution in [0.5, 0.6) is 0 Å². The van der Waals surface area contributed by atoms with Gasteiger partial charge in [-0.05, 0) is 79.1 Å². The minimum Gasteiger partial charge on any atom is -0.331 e. The number of thiazole rings is 1. The van der Waals surface area contributed by atoms with E-state index < -0.39 is 0 Å². The third-order valence-electron chi connectivity index (χ3n) is 7.57. The number of nitrogens with zero attached hydrogens (tertiary/aromatic N) is 1. The molecule has 0 saturated heterocycles. The van der Waals surface area contributed by atoms with Gasteiger partial charge in [-0.25, -0.2) is 0 Å². The highest BCUT2D eigenvalue weighted by molar-refractivity contribution is 8.00. The van der Waals surface area contributed by atoms with Crippen LogP contribution in [0, 0.1) is 17.8 Å². The van der Waals surface area contributed by atoms with Crippen molar-refractivity contribution in [1.82, 2.24) is 15.4 Å². The predicted molar refractivity (Wildman–Crippen MR) is 150 cm³/mol. The number of benzene rings is 2. The highest BCUT2D eigenvalue weighted by Crippen LogP contribution is 2.64. The van der Waals surface area contributed by atoms with Crippen molar-refractivity contribution in [3.63, 3.8) is 0 Å². The maximum absolute atomic E-state index is 13.2. The zero-order chi connectivity index (χ0) is 24.8. The Bertz CT molecular complexity index is 1360. The number of para-hydroxylation sites is 1. The number of rotatable bonds is 4. The number of thioether (sulfide) groups is 1. The van der Waals surface area contributed by atoms with Crippen molar-refractivity contribution in [2.24, 2.45) is 17.8 Å². The summed E-state index contributed by atoms with van der Waals surface area (Å²) in [6, 6.07) is 17.5. The van der Waals surface area contributed by atoms with Crippen LogP contribution in [0.15, 0.2) is 64.4 Å². The average Bonchev–Trinajstić information content (AvgIpc) is 3.57. The Morgan fingerprint density at radius 1 is 1.06 bits per heavy atom. The van der Waals surface area contributed by atoms with E-state index in [1.165, 1.54) is 36.2 Å². The predicted octanol–water partition coefficient (Wildman–Crippen LogP) is 5.23. The highest BCUT2D eigenvalue weighted by atomic mass is 35.5. The standard InChI is InChI=1S/C26H25ClN4O2S3/c27-17-10-8-14(9-11-17)20-21-15-6-7-16(12-15)22(21)35-24-23(20)36-26(33)31(24)13-19(32)29-30-25(34)28-18-4-2-1-3-5-18/h1-5,8-11,15-16,20-22H,6-7,12-13H2,(H,29,32)(H2,28,30,34)/t15-,16-,20+,21-,22-/m0/s1. The number of hydrogen-bond acceptors (Lipinski definition) is 5. The lowest BCUT2D eigenvalue weighted by Gasteiger charge is -2.40. The Kier molecular flexibility index (Phi) is 6.58. The summed E-state index contributed by atoms with van der Waals surface area (Å²) in [6.07, 6.45) is 3.79. The van der Waals surface area contributed by atoms with Gasteiger partial charge in [0, 0.05) is 26.8 Å². The first-order valence-electron chi connectivity index (χ1n) is 12.0. The summed E-state index contributed by atoms with van der Waals surface area (Å²) in [4.78, 5) is 27.0. The van der Waals surface area contributed by atoms with Gasteiger partial charge < -0.3 is 5.32 Å². The minimum atomic E-state index is -0.325. The molecule has 2 bridgehead atoms. The van der Waals surface area contributed by atoms with E-state index in [9.17, 15) is 9.59 Å². The molecule has 10 heteroatoms. The van der Waals surface area contributed by atoms with Crippen LogP contribution in [0.3, 0.4) is 0 Å². The van der Waals surface area contributed by atoms with Gasteiger partial charge in [0.2, 0.25) is 0 Å². The molecule has 186 valence electrons. The van der Waals surface area contributed by atoms with Crippen LogP contribution >= 0.6 is 46.9 Å². The fraction of sp³-hybridized carbons (Fsp3) is 0.346. The lowest BCUT2D eigenvalue weighted by Crippen LogP contribution is -2.45. The molecule has 6 nitrogen and oxygen atoms in total. The average molecular weight is 557 g/mol. The Balaban J connectivity index is 1.23. The summed E-state index contributed by atoms with van der Waals surface area (Å²) < 4.78 is 1.64. The Labute approximate surface area is 227 Å². The fourth-order valence-electron chi connectivity index (χ4n) is 6.12. The van der Waals surface area contributed by atoms with E-state index in [4.69, 9.17) is 23.8 Å². The highest BCUT2D eigenvalue weighted by Gasteiger charge is 2.55. The monoisotopic (exact) mass is 556 g/mol.